The van der Waals surface area contributed by atoms with Crippen LogP contribution < -0.4 is 21.3 Å². The Balaban J connectivity index is 1.03. The van der Waals surface area contributed by atoms with Gasteiger partial charge in [-0.05, 0) is 48.2 Å². The maximum absolute atomic E-state index is 11.6. The van der Waals surface area contributed by atoms with Crippen LogP contribution in [0.1, 0.15) is 36.8 Å². The summed E-state index contributed by atoms with van der Waals surface area (Å²) in [6.07, 6.45) is 10.8. The van der Waals surface area contributed by atoms with E-state index in [-0.39, 0.29) is 23.9 Å². The molecule has 8 rings (SSSR count). The summed E-state index contributed by atoms with van der Waals surface area (Å²) in [5.41, 5.74) is 9.26. The van der Waals surface area contributed by atoms with E-state index in [1.807, 2.05) is 26.2 Å². The van der Waals surface area contributed by atoms with E-state index < -0.39 is 0 Å². The number of aryl methyl sites for hydroxylation is 2. The molecule has 2 aliphatic heterocycles. The molecule has 2 fully saturated rings. The van der Waals surface area contributed by atoms with Gasteiger partial charge in [0.05, 0.1) is 21.4 Å². The minimum Gasteiger partial charge on any atom is -0.352 e. The van der Waals surface area contributed by atoms with Crippen LogP contribution in [0.4, 0.5) is 0 Å². The van der Waals surface area contributed by atoms with Crippen LogP contribution in [0.15, 0.2) is 73.3 Å². The van der Waals surface area contributed by atoms with Gasteiger partial charge >= 0.3 is 0 Å². The van der Waals surface area contributed by atoms with Crippen molar-refractivity contribution in [3.05, 3.63) is 94.5 Å². The van der Waals surface area contributed by atoms with Gasteiger partial charge in [-0.2, -0.15) is 0 Å². The van der Waals surface area contributed by atoms with Crippen molar-refractivity contribution in [1.82, 2.24) is 40.4 Å². The van der Waals surface area contributed by atoms with Crippen molar-refractivity contribution < 1.29 is 9.59 Å². The summed E-state index contributed by atoms with van der Waals surface area (Å²) in [7, 11) is 4.08. The lowest BCUT2D eigenvalue weighted by molar-refractivity contribution is -0.120. The Morgan fingerprint density at radius 2 is 1.13 bits per heavy atom. The molecule has 2 amide bonds. The van der Waals surface area contributed by atoms with Gasteiger partial charge in [0.15, 0.2) is 0 Å². The minimum absolute atomic E-state index is 0.130. The van der Waals surface area contributed by atoms with Crippen LogP contribution in [0.5, 0.6) is 0 Å². The third kappa shape index (κ3) is 6.67. The van der Waals surface area contributed by atoms with Gasteiger partial charge < -0.3 is 30.4 Å². The SMILES string of the molecule is Cn1cc(CNC[C@H]2CCC(=O)N2)c2ccc(-c3nccc(-c4ccnc(-c5ccc6c(CNC[C@@H]7CCC(=O)N7)cn(C)c6c5)c4Cl)c3Cl)cc21. The van der Waals surface area contributed by atoms with Gasteiger partial charge in [-0.3, -0.25) is 19.6 Å². The van der Waals surface area contributed by atoms with Crippen molar-refractivity contribution in [3.63, 3.8) is 0 Å². The number of hydrogen-bond donors (Lipinski definition) is 4. The molecule has 0 spiro atoms. The molecule has 10 nitrogen and oxygen atoms in total. The summed E-state index contributed by atoms with van der Waals surface area (Å²) < 4.78 is 4.24. The zero-order valence-corrected chi connectivity index (χ0v) is 30.6. The lowest BCUT2D eigenvalue weighted by atomic mass is 10.00. The summed E-state index contributed by atoms with van der Waals surface area (Å²) in [6, 6.07) is 16.8. The molecule has 0 radical (unpaired) electrons. The largest absolute Gasteiger partial charge is 0.352 e. The van der Waals surface area contributed by atoms with E-state index in [0.717, 1.165) is 70.0 Å². The number of nitrogens with zero attached hydrogens (tertiary/aromatic N) is 4. The molecule has 12 heteroatoms. The lowest BCUT2D eigenvalue weighted by Gasteiger charge is -2.13. The van der Waals surface area contributed by atoms with Gasteiger partial charge in [0.1, 0.15) is 0 Å². The van der Waals surface area contributed by atoms with Crippen LogP contribution in [0, 0.1) is 0 Å². The second kappa shape index (κ2) is 14.4. The second-order valence-electron chi connectivity index (χ2n) is 13.9. The van der Waals surface area contributed by atoms with Crippen molar-refractivity contribution in [1.29, 1.82) is 0 Å². The van der Waals surface area contributed by atoms with Crippen molar-refractivity contribution in [2.45, 2.75) is 50.9 Å². The molecule has 4 aromatic heterocycles. The molecule has 2 atom stereocenters. The summed E-state index contributed by atoms with van der Waals surface area (Å²) in [4.78, 5) is 32.5. The van der Waals surface area contributed by atoms with Gasteiger partial charge in [-0.1, -0.05) is 47.5 Å². The summed E-state index contributed by atoms with van der Waals surface area (Å²) in [5, 5.41) is 16.4. The first-order valence-corrected chi connectivity index (χ1v) is 18.4. The molecule has 2 saturated heterocycles. The summed E-state index contributed by atoms with van der Waals surface area (Å²) in [5.74, 6) is 0.259. The fourth-order valence-electron chi connectivity index (χ4n) is 7.64. The average Bonchev–Trinajstić information content (AvgIpc) is 3.91. The monoisotopic (exact) mass is 734 g/mol. The van der Waals surface area contributed by atoms with Crippen molar-refractivity contribution >= 4 is 56.8 Å². The van der Waals surface area contributed by atoms with E-state index in [1.54, 1.807) is 12.4 Å². The van der Waals surface area contributed by atoms with Crippen LogP contribution in [-0.4, -0.2) is 56.1 Å². The Labute approximate surface area is 311 Å². The third-order valence-electron chi connectivity index (χ3n) is 10.3. The fraction of sp³-hybridized carbons (Fsp3) is 0.300. The number of halogens is 2. The minimum atomic E-state index is 0.130. The number of nitrogens with one attached hydrogen (secondary N) is 4. The van der Waals surface area contributed by atoms with Crippen molar-refractivity contribution in [2.75, 3.05) is 13.1 Å². The zero-order chi connectivity index (χ0) is 35.9. The number of fused-ring (bicyclic) bond motifs is 2. The maximum atomic E-state index is 11.6. The smallest absolute Gasteiger partial charge is 0.220 e. The molecule has 6 heterocycles. The van der Waals surface area contributed by atoms with E-state index >= 15 is 0 Å². The number of benzene rings is 2. The van der Waals surface area contributed by atoms with Gasteiger partial charge in [-0.25, -0.2) is 0 Å². The predicted octanol–water partition coefficient (Wildman–Crippen LogP) is 6.50. The van der Waals surface area contributed by atoms with E-state index in [0.29, 0.717) is 47.4 Å². The quantitative estimate of drug-likeness (QED) is 0.121. The van der Waals surface area contributed by atoms with E-state index in [2.05, 4.69) is 79.2 Å². The number of carbonyl (C=O) groups is 2. The van der Waals surface area contributed by atoms with Gasteiger partial charge in [-0.15, -0.1) is 0 Å². The van der Waals surface area contributed by atoms with Crippen LogP contribution in [-0.2, 0) is 36.8 Å². The van der Waals surface area contributed by atoms with E-state index in [1.165, 1.54) is 11.1 Å². The van der Waals surface area contributed by atoms with Gasteiger partial charge in [0.2, 0.25) is 11.8 Å². The average molecular weight is 736 g/mol. The molecular weight excluding hydrogens is 695 g/mol. The Morgan fingerprint density at radius 1 is 0.692 bits per heavy atom. The molecule has 0 bridgehead atoms. The van der Waals surface area contributed by atoms with Crippen LogP contribution in [0.2, 0.25) is 10.0 Å². The third-order valence-corrected chi connectivity index (χ3v) is 11.1. The number of pyridine rings is 2. The first-order chi connectivity index (χ1) is 25.2. The highest BCUT2D eigenvalue weighted by Crippen LogP contribution is 2.42. The van der Waals surface area contributed by atoms with Gasteiger partial charge in [0, 0.05) is 134 Å². The zero-order valence-electron chi connectivity index (χ0n) is 29.1. The van der Waals surface area contributed by atoms with Gasteiger partial charge in [0.25, 0.3) is 0 Å². The summed E-state index contributed by atoms with van der Waals surface area (Å²) in [6.45, 7) is 2.90. The second-order valence-corrected chi connectivity index (χ2v) is 14.7. The van der Waals surface area contributed by atoms with Crippen molar-refractivity contribution in [3.8, 4) is 33.6 Å². The molecule has 0 unspecified atom stereocenters. The molecule has 6 aromatic rings. The van der Waals surface area contributed by atoms with E-state index in [4.69, 9.17) is 33.2 Å². The number of carbonyl (C=O) groups excluding carboxylic acids is 2. The number of rotatable bonds is 11. The van der Waals surface area contributed by atoms with Crippen molar-refractivity contribution in [2.24, 2.45) is 14.1 Å². The van der Waals surface area contributed by atoms with Crippen LogP contribution in [0.25, 0.3) is 55.4 Å². The number of amides is 2. The molecule has 2 aliphatic rings. The normalized spacial score (nSPS) is 17.4. The van der Waals surface area contributed by atoms with Crippen LogP contribution in [0.3, 0.4) is 0 Å². The molecule has 2 aromatic carbocycles. The molecule has 4 N–H and O–H groups in total. The summed E-state index contributed by atoms with van der Waals surface area (Å²) >= 11 is 14.3. The van der Waals surface area contributed by atoms with E-state index in [9.17, 15) is 9.59 Å². The molecule has 266 valence electrons. The topological polar surface area (TPSA) is 118 Å². The number of hydrogen-bond acceptors (Lipinski definition) is 6. The molecule has 52 heavy (non-hydrogen) atoms. The molecule has 0 aliphatic carbocycles. The highest BCUT2D eigenvalue weighted by atomic mass is 35.5. The highest BCUT2D eigenvalue weighted by Gasteiger charge is 2.22. The fourth-order valence-corrected chi connectivity index (χ4v) is 8.29. The highest BCUT2D eigenvalue weighted by molar-refractivity contribution is 6.39. The molecule has 0 saturated carbocycles. The Kier molecular flexibility index (Phi) is 9.48. The number of aromatic nitrogens is 4. The maximum Gasteiger partial charge on any atom is 0.220 e. The Hall–Kier alpha value is -4.74. The Morgan fingerprint density at radius 3 is 1.54 bits per heavy atom. The standard InChI is InChI=1S/C40H40Cl2N8O2/c1-49-21-25(17-43-19-27-5-9-35(51)47-27)29-7-3-23(15-33(29)49)39-37(41)31(11-13-45-39)32-12-14-46-40(38(32)42)24-4-8-30-26(22-50(2)34(30)16-24)18-44-20-28-6-10-36(52)48-28/h3-4,7-8,11-16,21-22,27-28,43-44H,5-6,9-10,17-20H2,1-2H3,(H,47,51)(H,48,52)/t27-,28+. The molecular formula is C40H40Cl2N8O2. The Bertz CT molecular complexity index is 2180. The van der Waals surface area contributed by atoms with Crippen LogP contribution >= 0.6 is 23.2 Å². The predicted molar refractivity (Wildman–Crippen MR) is 207 cm³/mol. The first-order valence-electron chi connectivity index (χ1n) is 17.7. The lowest BCUT2D eigenvalue weighted by Crippen LogP contribution is -2.35. The first kappa shape index (κ1) is 34.4.